The van der Waals surface area contributed by atoms with Gasteiger partial charge in [-0.05, 0) is 74.1 Å². The average molecular weight is 443 g/mol. The number of likely N-dealkylation sites (tertiary alicyclic amines) is 1. The summed E-state index contributed by atoms with van der Waals surface area (Å²) in [6, 6.07) is 6.57. The van der Waals surface area contributed by atoms with Crippen molar-refractivity contribution in [3.05, 3.63) is 29.3 Å². The van der Waals surface area contributed by atoms with Crippen molar-refractivity contribution in [2.24, 2.45) is 11.8 Å². The molecule has 7 heteroatoms. The van der Waals surface area contributed by atoms with Crippen molar-refractivity contribution in [3.8, 4) is 5.75 Å². The molecule has 32 heavy (non-hydrogen) atoms. The van der Waals surface area contributed by atoms with Gasteiger partial charge in [-0.15, -0.1) is 0 Å². The minimum absolute atomic E-state index is 0.152. The van der Waals surface area contributed by atoms with Crippen LogP contribution < -0.4 is 4.74 Å². The molecule has 1 aromatic carbocycles. The molecule has 3 saturated heterocycles. The smallest absolute Gasteiger partial charge is 0.290 e. The van der Waals surface area contributed by atoms with Gasteiger partial charge in [-0.2, -0.15) is 0 Å². The first-order valence-electron chi connectivity index (χ1n) is 12.0. The van der Waals surface area contributed by atoms with Crippen LogP contribution in [-0.2, 0) is 16.0 Å². The van der Waals surface area contributed by atoms with Gasteiger partial charge >= 0.3 is 0 Å². The summed E-state index contributed by atoms with van der Waals surface area (Å²) >= 11 is 0. The second-order valence-electron chi connectivity index (χ2n) is 9.46. The van der Waals surface area contributed by atoms with Crippen LogP contribution in [0.5, 0.6) is 5.75 Å². The molecule has 4 atom stereocenters. The molecule has 174 valence electrons. The number of carbonyl (C=O) groups excluding carboxylic acids is 2. The molecular formula is C25H34N2O5. The van der Waals surface area contributed by atoms with E-state index in [1.807, 2.05) is 18.2 Å². The molecule has 4 heterocycles. The van der Waals surface area contributed by atoms with Crippen LogP contribution in [0, 0.1) is 11.8 Å². The van der Waals surface area contributed by atoms with Crippen molar-refractivity contribution in [2.45, 2.75) is 70.4 Å². The third-order valence-corrected chi connectivity index (χ3v) is 7.52. The average Bonchev–Trinajstić information content (AvgIpc) is 2.81. The number of hydrogen-bond acceptors (Lipinski definition) is 4. The fourth-order valence-electron chi connectivity index (χ4n) is 6.28. The SMILES string of the molecule is CCC[C@H]1[C@H]2C[C@H](CN(C(=O)c3ccc4c(c3)CCCO4)C2)[C@@H]2CCCC(=O)N21.O=CO. The molecule has 2 bridgehead atoms. The van der Waals surface area contributed by atoms with E-state index < -0.39 is 0 Å². The van der Waals surface area contributed by atoms with Crippen molar-refractivity contribution in [3.63, 3.8) is 0 Å². The Kier molecular flexibility index (Phi) is 7.01. The lowest BCUT2D eigenvalue weighted by Crippen LogP contribution is -2.65. The van der Waals surface area contributed by atoms with E-state index in [1.165, 1.54) is 6.42 Å². The van der Waals surface area contributed by atoms with Crippen LogP contribution in [0.25, 0.3) is 0 Å². The summed E-state index contributed by atoms with van der Waals surface area (Å²) in [5.74, 6) is 2.28. The maximum atomic E-state index is 13.4. The van der Waals surface area contributed by atoms with E-state index in [4.69, 9.17) is 14.6 Å². The molecule has 3 fully saturated rings. The highest BCUT2D eigenvalue weighted by molar-refractivity contribution is 5.94. The number of piperidine rings is 3. The van der Waals surface area contributed by atoms with E-state index >= 15 is 0 Å². The van der Waals surface area contributed by atoms with Crippen LogP contribution >= 0.6 is 0 Å². The first-order valence-corrected chi connectivity index (χ1v) is 12.0. The summed E-state index contributed by atoms with van der Waals surface area (Å²) in [5, 5.41) is 6.89. The molecule has 1 aromatic rings. The van der Waals surface area contributed by atoms with Gasteiger partial charge in [0, 0.05) is 37.2 Å². The van der Waals surface area contributed by atoms with Crippen LogP contribution in [0.15, 0.2) is 18.2 Å². The summed E-state index contributed by atoms with van der Waals surface area (Å²) in [7, 11) is 0. The number of rotatable bonds is 3. The minimum atomic E-state index is -0.250. The molecule has 1 N–H and O–H groups in total. The summed E-state index contributed by atoms with van der Waals surface area (Å²) in [5.41, 5.74) is 1.95. The van der Waals surface area contributed by atoms with Crippen molar-refractivity contribution in [1.82, 2.24) is 9.80 Å². The third-order valence-electron chi connectivity index (χ3n) is 7.52. The minimum Gasteiger partial charge on any atom is -0.493 e. The van der Waals surface area contributed by atoms with Gasteiger partial charge in [-0.3, -0.25) is 14.4 Å². The first kappa shape index (κ1) is 22.6. The molecule has 2 amide bonds. The topological polar surface area (TPSA) is 87.2 Å². The van der Waals surface area contributed by atoms with E-state index in [1.54, 1.807) is 0 Å². The standard InChI is InChI=1S/C24H32N2O3.CH2O2/c1-2-5-20-18-13-19(21-7-3-8-23(27)26(20)21)15-25(14-18)24(28)17-9-10-22-16(12-17)6-4-11-29-22;2-1-3/h9-10,12,18-21H,2-8,11,13-15H2,1H3;1H,(H,2,3)/t18-,19+,20-,21-;/m0./s1. The Labute approximate surface area is 189 Å². The number of nitrogens with zero attached hydrogens (tertiary/aromatic N) is 2. The van der Waals surface area contributed by atoms with E-state index in [9.17, 15) is 9.59 Å². The maximum absolute atomic E-state index is 13.4. The molecule has 5 rings (SSSR count). The predicted molar refractivity (Wildman–Crippen MR) is 120 cm³/mol. The van der Waals surface area contributed by atoms with Crippen molar-refractivity contribution < 1.29 is 24.2 Å². The number of amides is 2. The summed E-state index contributed by atoms with van der Waals surface area (Å²) in [6.45, 7) is 4.29. The lowest BCUT2D eigenvalue weighted by Gasteiger charge is -2.56. The molecule has 0 radical (unpaired) electrons. The maximum Gasteiger partial charge on any atom is 0.290 e. The molecule has 4 aliphatic rings. The fraction of sp³-hybridized carbons (Fsp3) is 0.640. The Balaban J connectivity index is 0.000000775. The Morgan fingerprint density at radius 1 is 1.22 bits per heavy atom. The number of benzene rings is 1. The van der Waals surface area contributed by atoms with Crippen molar-refractivity contribution in [1.29, 1.82) is 0 Å². The number of hydrogen-bond donors (Lipinski definition) is 1. The second kappa shape index (κ2) is 9.92. The Morgan fingerprint density at radius 2 is 2.00 bits per heavy atom. The second-order valence-corrected chi connectivity index (χ2v) is 9.46. The lowest BCUT2D eigenvalue weighted by atomic mass is 9.71. The van der Waals surface area contributed by atoms with Crippen molar-refractivity contribution >= 4 is 18.3 Å². The first-order chi connectivity index (χ1) is 15.6. The highest BCUT2D eigenvalue weighted by Crippen LogP contribution is 2.43. The Hall–Kier alpha value is -2.57. The zero-order valence-electron chi connectivity index (χ0n) is 18.9. The molecule has 0 spiro atoms. The molecule has 0 aliphatic carbocycles. The Bertz CT molecular complexity index is 857. The van der Waals surface area contributed by atoms with Crippen LogP contribution in [0.3, 0.4) is 0 Å². The summed E-state index contributed by atoms with van der Waals surface area (Å²) < 4.78 is 5.71. The number of carbonyl (C=O) groups is 3. The fourth-order valence-corrected chi connectivity index (χ4v) is 6.28. The van der Waals surface area contributed by atoms with Gasteiger partial charge in [0.2, 0.25) is 5.91 Å². The molecule has 0 unspecified atom stereocenters. The van der Waals surface area contributed by atoms with Crippen LogP contribution in [0.1, 0.15) is 67.8 Å². The van der Waals surface area contributed by atoms with E-state index in [-0.39, 0.29) is 12.4 Å². The van der Waals surface area contributed by atoms with Crippen LogP contribution in [0.2, 0.25) is 0 Å². The van der Waals surface area contributed by atoms with Crippen LogP contribution in [-0.4, -0.2) is 65.0 Å². The highest BCUT2D eigenvalue weighted by atomic mass is 16.5. The molecule has 7 nitrogen and oxygen atoms in total. The van der Waals surface area contributed by atoms with Crippen LogP contribution in [0.4, 0.5) is 0 Å². The largest absolute Gasteiger partial charge is 0.493 e. The van der Waals surface area contributed by atoms with E-state index in [2.05, 4.69) is 16.7 Å². The van der Waals surface area contributed by atoms with Crippen molar-refractivity contribution in [2.75, 3.05) is 19.7 Å². The van der Waals surface area contributed by atoms with E-state index in [0.717, 1.165) is 75.1 Å². The summed E-state index contributed by atoms with van der Waals surface area (Å²) in [6.07, 6.45) is 8.11. The number of fused-ring (bicyclic) bond motifs is 5. The van der Waals surface area contributed by atoms with Gasteiger partial charge in [0.15, 0.2) is 0 Å². The van der Waals surface area contributed by atoms with Gasteiger partial charge in [-0.25, -0.2) is 0 Å². The number of carboxylic acid groups (broad SMARTS) is 1. The lowest BCUT2D eigenvalue weighted by molar-refractivity contribution is -0.152. The molecule has 0 saturated carbocycles. The van der Waals surface area contributed by atoms with Gasteiger partial charge in [0.25, 0.3) is 12.4 Å². The normalized spacial score (nSPS) is 28.5. The van der Waals surface area contributed by atoms with Gasteiger partial charge in [0.05, 0.1) is 6.61 Å². The highest BCUT2D eigenvalue weighted by Gasteiger charge is 2.49. The molecular weight excluding hydrogens is 408 g/mol. The van der Waals surface area contributed by atoms with Gasteiger partial charge < -0.3 is 19.6 Å². The zero-order chi connectivity index (χ0) is 22.7. The molecule has 0 aromatic heterocycles. The third kappa shape index (κ3) is 4.34. The number of ether oxygens (including phenoxy) is 1. The van der Waals surface area contributed by atoms with Gasteiger partial charge in [-0.1, -0.05) is 13.3 Å². The zero-order valence-corrected chi connectivity index (χ0v) is 18.9. The summed E-state index contributed by atoms with van der Waals surface area (Å²) in [4.78, 5) is 38.9. The van der Waals surface area contributed by atoms with E-state index in [0.29, 0.717) is 36.2 Å². The quantitative estimate of drug-likeness (QED) is 0.726. The van der Waals surface area contributed by atoms with Gasteiger partial charge in [0.1, 0.15) is 5.75 Å². The monoisotopic (exact) mass is 442 g/mol. The Morgan fingerprint density at radius 3 is 2.78 bits per heavy atom. The predicted octanol–water partition coefficient (Wildman–Crippen LogP) is 3.35. The number of aryl methyl sites for hydroxylation is 1. The molecule has 4 aliphatic heterocycles.